The molecule has 0 unspecified atom stereocenters. The molecule has 0 fully saturated rings. The number of aryl methyl sites for hydroxylation is 1. The number of esters is 1. The van der Waals surface area contributed by atoms with Crippen molar-refractivity contribution in [3.05, 3.63) is 69.7 Å². The number of carbonyl (C=O) groups excluding carboxylic acids is 3. The molecule has 0 atom stereocenters. The van der Waals surface area contributed by atoms with Crippen molar-refractivity contribution in [2.24, 2.45) is 7.05 Å². The fourth-order valence-electron chi connectivity index (χ4n) is 2.76. The molecule has 2 amide bonds. The van der Waals surface area contributed by atoms with E-state index in [1.165, 1.54) is 29.3 Å². The van der Waals surface area contributed by atoms with Crippen LogP contribution in [-0.4, -0.2) is 34.7 Å². The number of nitrogens with zero attached hydrogens (tertiary/aromatic N) is 2. The molecule has 0 saturated heterocycles. The zero-order valence-corrected chi connectivity index (χ0v) is 16.8. The molecular weight excluding hydrogens is 392 g/mol. The summed E-state index contributed by atoms with van der Waals surface area (Å²) in [7, 11) is 2.96. The summed E-state index contributed by atoms with van der Waals surface area (Å²) in [4.78, 5) is 36.6. The van der Waals surface area contributed by atoms with Gasteiger partial charge in [0.1, 0.15) is 5.69 Å². The number of amides is 2. The van der Waals surface area contributed by atoms with Gasteiger partial charge in [-0.05, 0) is 52.2 Å². The Morgan fingerprint density at radius 3 is 2.66 bits per heavy atom. The van der Waals surface area contributed by atoms with E-state index in [2.05, 4.69) is 15.7 Å². The van der Waals surface area contributed by atoms with Crippen LogP contribution in [0.15, 0.2) is 47.3 Å². The van der Waals surface area contributed by atoms with E-state index in [9.17, 15) is 14.4 Å². The van der Waals surface area contributed by atoms with Crippen LogP contribution in [-0.2, 0) is 29.5 Å². The Balaban J connectivity index is 1.74. The summed E-state index contributed by atoms with van der Waals surface area (Å²) in [5.41, 5.74) is 2.72. The summed E-state index contributed by atoms with van der Waals surface area (Å²) in [5, 5.41) is 13.4. The average Bonchev–Trinajstić information content (AvgIpc) is 3.36. The van der Waals surface area contributed by atoms with Crippen molar-refractivity contribution in [2.75, 3.05) is 12.4 Å². The van der Waals surface area contributed by atoms with Crippen molar-refractivity contribution < 1.29 is 19.1 Å². The number of methoxy groups -OCH3 is 1. The minimum Gasteiger partial charge on any atom is -0.465 e. The standard InChI is InChI=1S/C20H20N4O4S/c1-24-17(3-5-22-24)19(26)21-11-14-7-15(20(27)28-2)10-16(8-14)23-18(25)9-13-4-6-29-12-13/h3-8,10,12H,9,11H2,1-2H3,(H,21,26)(H,23,25). The fourth-order valence-corrected chi connectivity index (χ4v) is 3.42. The van der Waals surface area contributed by atoms with Crippen molar-refractivity contribution in [3.63, 3.8) is 0 Å². The number of rotatable bonds is 7. The number of anilines is 1. The van der Waals surface area contributed by atoms with E-state index < -0.39 is 5.97 Å². The average molecular weight is 412 g/mol. The number of aromatic nitrogens is 2. The molecule has 1 aromatic carbocycles. The minimum atomic E-state index is -0.529. The lowest BCUT2D eigenvalue weighted by molar-refractivity contribution is -0.115. The number of ether oxygens (including phenoxy) is 1. The van der Waals surface area contributed by atoms with Crippen molar-refractivity contribution in [3.8, 4) is 0 Å². The molecule has 150 valence electrons. The van der Waals surface area contributed by atoms with Crippen molar-refractivity contribution in [1.29, 1.82) is 0 Å². The van der Waals surface area contributed by atoms with Crippen LogP contribution in [0.5, 0.6) is 0 Å². The number of hydrogen-bond donors (Lipinski definition) is 2. The predicted octanol–water partition coefficient (Wildman–Crippen LogP) is 2.38. The van der Waals surface area contributed by atoms with Gasteiger partial charge in [0, 0.05) is 25.5 Å². The van der Waals surface area contributed by atoms with Gasteiger partial charge in [0.05, 0.1) is 19.1 Å². The van der Waals surface area contributed by atoms with Crippen LogP contribution in [0.25, 0.3) is 0 Å². The molecule has 0 aliphatic heterocycles. The number of benzene rings is 1. The second-order valence-electron chi connectivity index (χ2n) is 6.29. The highest BCUT2D eigenvalue weighted by Gasteiger charge is 2.13. The first-order valence-electron chi connectivity index (χ1n) is 8.75. The van der Waals surface area contributed by atoms with Gasteiger partial charge in [0.2, 0.25) is 5.91 Å². The lowest BCUT2D eigenvalue weighted by Crippen LogP contribution is -2.25. The topological polar surface area (TPSA) is 102 Å². The van der Waals surface area contributed by atoms with Crippen LogP contribution >= 0.6 is 11.3 Å². The fraction of sp³-hybridized carbons (Fsp3) is 0.200. The molecule has 2 heterocycles. The van der Waals surface area contributed by atoms with E-state index in [1.54, 1.807) is 31.3 Å². The van der Waals surface area contributed by atoms with Gasteiger partial charge in [-0.2, -0.15) is 16.4 Å². The van der Waals surface area contributed by atoms with Crippen LogP contribution in [0.4, 0.5) is 5.69 Å². The molecule has 9 heteroatoms. The van der Waals surface area contributed by atoms with Crippen molar-refractivity contribution >= 4 is 34.8 Å². The van der Waals surface area contributed by atoms with Gasteiger partial charge in [-0.25, -0.2) is 4.79 Å². The summed E-state index contributed by atoms with van der Waals surface area (Å²) < 4.78 is 6.26. The normalized spacial score (nSPS) is 10.4. The summed E-state index contributed by atoms with van der Waals surface area (Å²) in [6.45, 7) is 0.169. The largest absolute Gasteiger partial charge is 0.465 e. The van der Waals surface area contributed by atoms with Crippen LogP contribution in [0, 0.1) is 0 Å². The third-order valence-electron chi connectivity index (χ3n) is 4.15. The minimum absolute atomic E-state index is 0.169. The monoisotopic (exact) mass is 412 g/mol. The summed E-state index contributed by atoms with van der Waals surface area (Å²) in [6.07, 6.45) is 1.77. The summed E-state index contributed by atoms with van der Waals surface area (Å²) >= 11 is 1.52. The summed E-state index contributed by atoms with van der Waals surface area (Å²) in [5.74, 6) is -1.02. The summed E-state index contributed by atoms with van der Waals surface area (Å²) in [6, 6.07) is 8.36. The van der Waals surface area contributed by atoms with Gasteiger partial charge in [-0.1, -0.05) is 0 Å². The lowest BCUT2D eigenvalue weighted by Gasteiger charge is -2.11. The molecule has 0 saturated carbocycles. The maximum Gasteiger partial charge on any atom is 0.337 e. The molecule has 0 bridgehead atoms. The second kappa shape index (κ2) is 9.16. The van der Waals surface area contributed by atoms with Crippen molar-refractivity contribution in [2.45, 2.75) is 13.0 Å². The molecule has 2 N–H and O–H groups in total. The van der Waals surface area contributed by atoms with E-state index >= 15 is 0 Å². The Morgan fingerprint density at radius 2 is 2.00 bits per heavy atom. The Bertz CT molecular complexity index is 1030. The molecule has 3 rings (SSSR count). The van der Waals surface area contributed by atoms with Gasteiger partial charge in [0.25, 0.3) is 5.91 Å². The molecule has 29 heavy (non-hydrogen) atoms. The maximum absolute atomic E-state index is 12.3. The highest BCUT2D eigenvalue weighted by Crippen LogP contribution is 2.17. The molecule has 0 radical (unpaired) electrons. The highest BCUT2D eigenvalue weighted by molar-refractivity contribution is 7.08. The van der Waals surface area contributed by atoms with E-state index in [-0.39, 0.29) is 30.3 Å². The number of carbonyl (C=O) groups is 3. The zero-order valence-electron chi connectivity index (χ0n) is 16.0. The third kappa shape index (κ3) is 5.29. The van der Waals surface area contributed by atoms with Gasteiger partial charge in [-0.3, -0.25) is 14.3 Å². The van der Waals surface area contributed by atoms with Gasteiger partial charge in [0.15, 0.2) is 0 Å². The molecule has 0 aliphatic rings. The van der Waals surface area contributed by atoms with Gasteiger partial charge in [-0.15, -0.1) is 0 Å². The van der Waals surface area contributed by atoms with Crippen LogP contribution in [0.1, 0.15) is 32.0 Å². The first-order valence-corrected chi connectivity index (χ1v) is 9.70. The first-order chi connectivity index (χ1) is 14.0. The smallest absolute Gasteiger partial charge is 0.337 e. The Hall–Kier alpha value is -3.46. The van der Waals surface area contributed by atoms with Gasteiger partial charge < -0.3 is 15.4 Å². The SMILES string of the molecule is COC(=O)c1cc(CNC(=O)c2ccnn2C)cc(NC(=O)Cc2ccsc2)c1. The molecule has 0 spiro atoms. The maximum atomic E-state index is 12.3. The third-order valence-corrected chi connectivity index (χ3v) is 4.88. The number of nitrogens with one attached hydrogen (secondary N) is 2. The van der Waals surface area contributed by atoms with Crippen LogP contribution in [0.2, 0.25) is 0 Å². The van der Waals surface area contributed by atoms with E-state index in [1.807, 2.05) is 16.8 Å². The highest BCUT2D eigenvalue weighted by atomic mass is 32.1. The molecular formula is C20H20N4O4S. The number of thiophene rings is 1. The molecule has 0 aliphatic carbocycles. The Labute approximate surface area is 171 Å². The van der Waals surface area contributed by atoms with E-state index in [0.717, 1.165) is 5.56 Å². The Morgan fingerprint density at radius 1 is 1.17 bits per heavy atom. The van der Waals surface area contributed by atoms with Crippen LogP contribution in [0.3, 0.4) is 0 Å². The molecule has 8 nitrogen and oxygen atoms in total. The quantitative estimate of drug-likeness (QED) is 0.580. The second-order valence-corrected chi connectivity index (χ2v) is 7.07. The van der Waals surface area contributed by atoms with Crippen molar-refractivity contribution in [1.82, 2.24) is 15.1 Å². The van der Waals surface area contributed by atoms with E-state index in [0.29, 0.717) is 16.9 Å². The molecule has 3 aromatic rings. The van der Waals surface area contributed by atoms with Gasteiger partial charge >= 0.3 is 5.97 Å². The molecule has 2 aromatic heterocycles. The lowest BCUT2D eigenvalue weighted by atomic mass is 10.1. The zero-order chi connectivity index (χ0) is 20.8. The first kappa shape index (κ1) is 20.3. The number of hydrogen-bond acceptors (Lipinski definition) is 6. The van der Waals surface area contributed by atoms with Crippen LogP contribution < -0.4 is 10.6 Å². The predicted molar refractivity (Wildman–Crippen MR) is 109 cm³/mol. The Kier molecular flexibility index (Phi) is 6.40. The van der Waals surface area contributed by atoms with E-state index in [4.69, 9.17) is 4.74 Å².